The second-order valence-corrected chi connectivity index (χ2v) is 6.42. The van der Waals surface area contributed by atoms with Crippen LogP contribution in [0.2, 0.25) is 0 Å². The molecule has 0 saturated carbocycles. The third-order valence-corrected chi connectivity index (χ3v) is 4.84. The molecular formula is C19H16O2S. The lowest BCUT2D eigenvalue weighted by atomic mass is 10.1. The van der Waals surface area contributed by atoms with Gasteiger partial charge in [0.1, 0.15) is 0 Å². The molecule has 0 aliphatic carbocycles. The molecule has 3 rings (SSSR count). The van der Waals surface area contributed by atoms with Crippen LogP contribution in [-0.4, -0.2) is 11.1 Å². The van der Waals surface area contributed by atoms with Crippen molar-refractivity contribution in [2.45, 2.75) is 13.3 Å². The van der Waals surface area contributed by atoms with E-state index in [9.17, 15) is 4.79 Å². The predicted molar refractivity (Wildman–Crippen MR) is 90.7 cm³/mol. The van der Waals surface area contributed by atoms with Crippen LogP contribution in [0.3, 0.4) is 0 Å². The highest BCUT2D eigenvalue weighted by Gasteiger charge is 2.07. The van der Waals surface area contributed by atoms with E-state index in [1.807, 2.05) is 12.1 Å². The van der Waals surface area contributed by atoms with E-state index in [-0.39, 0.29) is 0 Å². The van der Waals surface area contributed by atoms with Crippen molar-refractivity contribution >= 4 is 17.3 Å². The van der Waals surface area contributed by atoms with E-state index in [0.29, 0.717) is 5.56 Å². The van der Waals surface area contributed by atoms with Crippen molar-refractivity contribution in [3.05, 3.63) is 82.2 Å². The second-order valence-electron chi connectivity index (χ2n) is 5.25. The molecule has 0 bridgehead atoms. The second kappa shape index (κ2) is 6.16. The van der Waals surface area contributed by atoms with Crippen LogP contribution in [0.4, 0.5) is 0 Å². The van der Waals surface area contributed by atoms with Gasteiger partial charge in [-0.25, -0.2) is 4.79 Å². The van der Waals surface area contributed by atoms with E-state index >= 15 is 0 Å². The predicted octanol–water partition coefficient (Wildman–Crippen LogP) is 5.01. The maximum absolute atomic E-state index is 10.9. The molecule has 0 unspecified atom stereocenters. The molecule has 22 heavy (non-hydrogen) atoms. The molecule has 0 amide bonds. The van der Waals surface area contributed by atoms with Crippen molar-refractivity contribution in [2.75, 3.05) is 0 Å². The van der Waals surface area contributed by atoms with Crippen LogP contribution in [0.15, 0.2) is 60.7 Å². The summed E-state index contributed by atoms with van der Waals surface area (Å²) in [4.78, 5) is 13.4. The van der Waals surface area contributed by atoms with Gasteiger partial charge < -0.3 is 5.11 Å². The van der Waals surface area contributed by atoms with E-state index in [1.54, 1.807) is 23.5 Å². The number of benzene rings is 2. The summed E-state index contributed by atoms with van der Waals surface area (Å²) in [5.41, 5.74) is 4.03. The Morgan fingerprint density at radius 1 is 1.00 bits per heavy atom. The normalized spacial score (nSPS) is 10.6. The number of carboxylic acid groups (broad SMARTS) is 1. The lowest BCUT2D eigenvalue weighted by molar-refractivity contribution is 0.0697. The van der Waals surface area contributed by atoms with Gasteiger partial charge in [-0.3, -0.25) is 0 Å². The van der Waals surface area contributed by atoms with Crippen LogP contribution in [0.25, 0.3) is 10.4 Å². The van der Waals surface area contributed by atoms with Gasteiger partial charge in [-0.2, -0.15) is 0 Å². The quantitative estimate of drug-likeness (QED) is 0.735. The number of carboxylic acids is 1. The smallest absolute Gasteiger partial charge is 0.335 e. The number of thiophene rings is 1. The molecule has 3 heteroatoms. The summed E-state index contributed by atoms with van der Waals surface area (Å²) in [5, 5.41) is 8.94. The topological polar surface area (TPSA) is 37.3 Å². The van der Waals surface area contributed by atoms with Crippen LogP contribution >= 0.6 is 11.3 Å². The highest BCUT2D eigenvalue weighted by atomic mass is 32.1. The summed E-state index contributed by atoms with van der Waals surface area (Å²) in [6, 6.07) is 19.7. The Labute approximate surface area is 133 Å². The van der Waals surface area contributed by atoms with Crippen LogP contribution in [0.5, 0.6) is 0 Å². The Bertz CT molecular complexity index is 800. The van der Waals surface area contributed by atoms with E-state index in [4.69, 9.17) is 5.11 Å². The molecule has 1 aromatic heterocycles. The fraction of sp³-hybridized carbons (Fsp3) is 0.105. The lowest BCUT2D eigenvalue weighted by Crippen LogP contribution is -1.94. The average Bonchev–Trinajstić information content (AvgIpc) is 2.98. The zero-order valence-corrected chi connectivity index (χ0v) is 13.1. The number of aromatic carboxylic acids is 1. The van der Waals surface area contributed by atoms with Gasteiger partial charge >= 0.3 is 5.97 Å². The van der Waals surface area contributed by atoms with Crippen LogP contribution in [-0.2, 0) is 6.42 Å². The van der Waals surface area contributed by atoms with E-state index in [0.717, 1.165) is 12.0 Å². The third kappa shape index (κ3) is 3.10. The first-order valence-corrected chi connectivity index (χ1v) is 7.92. The first kappa shape index (κ1) is 14.5. The van der Waals surface area contributed by atoms with Gasteiger partial charge in [-0.1, -0.05) is 36.4 Å². The first-order chi connectivity index (χ1) is 10.6. The molecule has 0 atom stereocenters. The molecule has 0 aliphatic heterocycles. The number of carbonyl (C=O) groups is 1. The molecular weight excluding hydrogens is 292 g/mol. The Morgan fingerprint density at radius 3 is 2.41 bits per heavy atom. The van der Waals surface area contributed by atoms with Gasteiger partial charge in [0.05, 0.1) is 5.56 Å². The van der Waals surface area contributed by atoms with Crippen molar-refractivity contribution in [3.63, 3.8) is 0 Å². The van der Waals surface area contributed by atoms with Gasteiger partial charge in [0.15, 0.2) is 0 Å². The molecule has 3 aromatic rings. The summed E-state index contributed by atoms with van der Waals surface area (Å²) in [5.74, 6) is -0.891. The summed E-state index contributed by atoms with van der Waals surface area (Å²) in [7, 11) is 0. The molecule has 1 heterocycles. The van der Waals surface area contributed by atoms with Crippen LogP contribution in [0, 0.1) is 6.92 Å². The number of hydrogen-bond acceptors (Lipinski definition) is 2. The molecule has 110 valence electrons. The minimum atomic E-state index is -0.891. The first-order valence-electron chi connectivity index (χ1n) is 7.10. The molecule has 1 N–H and O–H groups in total. The Hall–Kier alpha value is -2.39. The maximum Gasteiger partial charge on any atom is 0.335 e. The van der Waals surface area contributed by atoms with Crippen LogP contribution in [0.1, 0.15) is 26.4 Å². The fourth-order valence-corrected chi connectivity index (χ4v) is 3.44. The Balaban J connectivity index is 1.81. The van der Waals surface area contributed by atoms with Gasteiger partial charge in [0, 0.05) is 16.2 Å². The molecule has 2 aromatic carbocycles. The van der Waals surface area contributed by atoms with Crippen molar-refractivity contribution in [1.29, 1.82) is 0 Å². The zero-order chi connectivity index (χ0) is 15.5. The van der Waals surface area contributed by atoms with Crippen molar-refractivity contribution in [1.82, 2.24) is 0 Å². The van der Waals surface area contributed by atoms with Gasteiger partial charge in [0.2, 0.25) is 0 Å². The molecule has 0 radical (unpaired) electrons. The summed E-state index contributed by atoms with van der Waals surface area (Å²) >= 11 is 1.76. The Morgan fingerprint density at radius 2 is 1.73 bits per heavy atom. The van der Waals surface area contributed by atoms with Crippen molar-refractivity contribution < 1.29 is 9.90 Å². The van der Waals surface area contributed by atoms with E-state index < -0.39 is 5.97 Å². The van der Waals surface area contributed by atoms with Crippen molar-refractivity contribution in [3.8, 4) is 10.4 Å². The zero-order valence-electron chi connectivity index (χ0n) is 12.2. The highest BCUT2D eigenvalue weighted by molar-refractivity contribution is 7.15. The standard InChI is InChI=1S/C19H16O2S/c1-13-4-2-3-5-16(13)12-17-10-11-18(22-17)14-6-8-15(9-7-14)19(20)21/h2-11H,12H2,1H3,(H,20,21). The number of hydrogen-bond donors (Lipinski definition) is 1. The van der Waals surface area contributed by atoms with Crippen molar-refractivity contribution in [2.24, 2.45) is 0 Å². The monoisotopic (exact) mass is 308 g/mol. The van der Waals surface area contributed by atoms with Gasteiger partial charge in [-0.15, -0.1) is 11.3 Å². The molecule has 2 nitrogen and oxygen atoms in total. The average molecular weight is 308 g/mol. The molecule has 0 aliphatic rings. The van der Waals surface area contributed by atoms with Gasteiger partial charge in [-0.05, 0) is 47.9 Å². The number of aryl methyl sites for hydroxylation is 1. The van der Waals surface area contributed by atoms with Gasteiger partial charge in [0.25, 0.3) is 0 Å². The summed E-state index contributed by atoms with van der Waals surface area (Å²) in [6.07, 6.45) is 0.935. The SMILES string of the molecule is Cc1ccccc1Cc1ccc(-c2ccc(C(=O)O)cc2)s1. The minimum Gasteiger partial charge on any atom is -0.478 e. The van der Waals surface area contributed by atoms with E-state index in [1.165, 1.54) is 20.9 Å². The third-order valence-electron chi connectivity index (χ3n) is 3.70. The summed E-state index contributed by atoms with van der Waals surface area (Å²) in [6.45, 7) is 2.13. The number of rotatable bonds is 4. The van der Waals surface area contributed by atoms with E-state index in [2.05, 4.69) is 43.3 Å². The summed E-state index contributed by atoms with van der Waals surface area (Å²) < 4.78 is 0. The van der Waals surface area contributed by atoms with Crippen LogP contribution < -0.4 is 0 Å². The Kier molecular flexibility index (Phi) is 4.07. The molecule has 0 fully saturated rings. The fourth-order valence-electron chi connectivity index (χ4n) is 2.40. The maximum atomic E-state index is 10.9. The minimum absolute atomic E-state index is 0.320. The largest absolute Gasteiger partial charge is 0.478 e. The molecule has 0 saturated heterocycles. The molecule has 0 spiro atoms. The lowest BCUT2D eigenvalue weighted by Gasteiger charge is -2.03. The highest BCUT2D eigenvalue weighted by Crippen LogP contribution is 2.30.